The molecule has 1 saturated heterocycles. The van der Waals surface area contributed by atoms with Gasteiger partial charge in [0.2, 0.25) is 0 Å². The van der Waals surface area contributed by atoms with Crippen LogP contribution in [-0.4, -0.2) is 65.9 Å². The number of hydrogen-bond acceptors (Lipinski definition) is 8. The maximum atomic E-state index is 12.1. The van der Waals surface area contributed by atoms with Gasteiger partial charge in [-0.2, -0.15) is 0 Å². The van der Waals surface area contributed by atoms with E-state index in [0.717, 1.165) is 57.4 Å². The van der Waals surface area contributed by atoms with Gasteiger partial charge in [0.1, 0.15) is 0 Å². The molecule has 1 aliphatic heterocycles. The van der Waals surface area contributed by atoms with Gasteiger partial charge >= 0.3 is 8.80 Å². The van der Waals surface area contributed by atoms with Crippen LogP contribution in [0.3, 0.4) is 0 Å². The van der Waals surface area contributed by atoms with E-state index < -0.39 is 8.80 Å². The van der Waals surface area contributed by atoms with Crippen LogP contribution < -0.4 is 5.48 Å². The molecule has 2 atom stereocenters. The van der Waals surface area contributed by atoms with E-state index in [9.17, 15) is 4.79 Å². The Morgan fingerprint density at radius 2 is 1.70 bits per heavy atom. The summed E-state index contributed by atoms with van der Waals surface area (Å²) in [5, 5.41) is 0.296. The minimum Gasteiger partial charge on any atom is -0.379 e. The fourth-order valence-electron chi connectivity index (χ4n) is 3.35. The molecule has 0 aromatic carbocycles. The van der Waals surface area contributed by atoms with Crippen LogP contribution in [0.5, 0.6) is 0 Å². The smallest absolute Gasteiger partial charge is 0.379 e. The molecule has 1 aliphatic rings. The molecule has 0 aliphatic carbocycles. The van der Waals surface area contributed by atoms with Crippen molar-refractivity contribution in [2.45, 2.75) is 91.0 Å². The lowest BCUT2D eigenvalue weighted by Gasteiger charge is -2.32. The Hall–Kier alpha value is -0.00312. The van der Waals surface area contributed by atoms with Crippen LogP contribution in [0.15, 0.2) is 0 Å². The molecule has 0 aromatic heterocycles. The third kappa shape index (κ3) is 17.1. The van der Waals surface area contributed by atoms with Crippen LogP contribution in [0, 0.1) is 5.92 Å². The van der Waals surface area contributed by atoms with E-state index in [4.69, 9.17) is 22.9 Å². The Morgan fingerprint density at radius 3 is 2.48 bits per heavy atom. The molecule has 0 spiro atoms. The van der Waals surface area contributed by atoms with Crippen molar-refractivity contribution < 1.29 is 27.6 Å². The zero-order valence-electron chi connectivity index (χ0n) is 21.4. The highest BCUT2D eigenvalue weighted by atomic mass is 32.2. The third-order valence-corrected chi connectivity index (χ3v) is 9.26. The number of nitrogens with one attached hydrogen (secondary N) is 1. The first-order valence-electron chi connectivity index (χ1n) is 13.1. The number of rotatable bonds is 20. The van der Waals surface area contributed by atoms with Crippen molar-refractivity contribution in [1.29, 1.82) is 0 Å². The summed E-state index contributed by atoms with van der Waals surface area (Å²) in [7, 11) is -2.84. The predicted octanol–water partition coefficient (Wildman–Crippen LogP) is 5.36. The van der Waals surface area contributed by atoms with E-state index in [2.05, 4.69) is 26.3 Å². The number of carbonyl (C=O) groups is 1. The van der Waals surface area contributed by atoms with Crippen molar-refractivity contribution in [2.75, 3.05) is 51.9 Å². The summed E-state index contributed by atoms with van der Waals surface area (Å²) in [6, 6.07) is 0.700. The third-order valence-electron chi connectivity index (χ3n) is 5.53. The summed E-state index contributed by atoms with van der Waals surface area (Å²) in [6.45, 7) is 10.9. The van der Waals surface area contributed by atoms with Crippen molar-refractivity contribution in [3.05, 3.63) is 0 Å². The molecule has 0 saturated carbocycles. The van der Waals surface area contributed by atoms with Gasteiger partial charge in [-0.1, -0.05) is 64.6 Å². The average molecular weight is 508 g/mol. The second-order valence-corrected chi connectivity index (χ2v) is 12.6. The highest BCUT2D eigenvalue weighted by Crippen LogP contribution is 2.22. The van der Waals surface area contributed by atoms with Crippen LogP contribution in [0.4, 0.5) is 0 Å². The Bertz CT molecular complexity index is 464. The first kappa shape index (κ1) is 31.0. The van der Waals surface area contributed by atoms with E-state index in [1.54, 1.807) is 0 Å². The molecule has 1 heterocycles. The minimum absolute atomic E-state index is 0.296. The van der Waals surface area contributed by atoms with Gasteiger partial charge in [0.05, 0.1) is 26.4 Å². The summed E-state index contributed by atoms with van der Waals surface area (Å²) < 4.78 is 29.5. The molecule has 7 nitrogen and oxygen atoms in total. The molecule has 0 radical (unpaired) electrons. The molecule has 1 rings (SSSR count). The highest BCUT2D eigenvalue weighted by Gasteiger charge is 2.42. The Morgan fingerprint density at radius 1 is 0.970 bits per heavy atom. The average Bonchev–Trinajstić information content (AvgIpc) is 2.79. The topological polar surface area (TPSA) is 75.3 Å². The number of unbranched alkanes of at least 4 members (excludes halogenated alkanes) is 5. The molecule has 1 fully saturated rings. The van der Waals surface area contributed by atoms with Gasteiger partial charge in [-0.15, -0.1) is 0 Å². The standard InChI is InChI=1S/C24H49NO6SSi/c1-4-6-8-9-10-12-24(26)32-20-11-21-33(29-15-13-23(3)22-25-31-33)30-19-18-28-17-16-27-14-7-5-2/h23,25H,4-22H2,1-3H3. The number of carbonyl (C=O) groups excluding carboxylic acids is 1. The van der Waals surface area contributed by atoms with Gasteiger partial charge in [0.25, 0.3) is 0 Å². The maximum absolute atomic E-state index is 12.1. The molecule has 9 heteroatoms. The van der Waals surface area contributed by atoms with Gasteiger partial charge in [0, 0.05) is 38.0 Å². The van der Waals surface area contributed by atoms with Crippen LogP contribution in [0.1, 0.15) is 85.0 Å². The second kappa shape index (κ2) is 21.3. The monoisotopic (exact) mass is 507 g/mol. The number of ether oxygens (including phenoxy) is 2. The van der Waals surface area contributed by atoms with Gasteiger partial charge in [-0.25, -0.2) is 5.48 Å². The summed E-state index contributed by atoms with van der Waals surface area (Å²) in [5.41, 5.74) is 3.08. The van der Waals surface area contributed by atoms with Gasteiger partial charge < -0.3 is 18.3 Å². The van der Waals surface area contributed by atoms with Gasteiger partial charge in [-0.3, -0.25) is 9.32 Å². The van der Waals surface area contributed by atoms with Crippen LogP contribution >= 0.6 is 11.8 Å². The molecule has 33 heavy (non-hydrogen) atoms. The maximum Gasteiger partial charge on any atom is 0.518 e. The fourth-order valence-corrected chi connectivity index (χ4v) is 6.74. The lowest BCUT2D eigenvalue weighted by atomic mass is 10.1. The Kier molecular flexibility index (Phi) is 20.0. The molecule has 1 N–H and O–H groups in total. The second-order valence-electron chi connectivity index (χ2n) is 8.79. The molecule has 0 bridgehead atoms. The van der Waals surface area contributed by atoms with Crippen LogP contribution in [0.25, 0.3) is 0 Å². The quantitative estimate of drug-likeness (QED) is 0.174. The normalized spacial score (nSPS) is 21.6. The molecule has 0 amide bonds. The summed E-state index contributed by atoms with van der Waals surface area (Å²) in [4.78, 5) is 12.1. The van der Waals surface area contributed by atoms with Crippen molar-refractivity contribution >= 4 is 25.7 Å². The van der Waals surface area contributed by atoms with E-state index in [-0.39, 0.29) is 0 Å². The van der Waals surface area contributed by atoms with Crippen LogP contribution in [-0.2, 0) is 27.6 Å². The first-order chi connectivity index (χ1) is 16.1. The van der Waals surface area contributed by atoms with Crippen LogP contribution in [0.2, 0.25) is 6.04 Å². The first-order valence-corrected chi connectivity index (χ1v) is 16.0. The molecular weight excluding hydrogens is 458 g/mol. The summed E-state index contributed by atoms with van der Waals surface area (Å²) >= 11 is 1.44. The molecule has 0 aromatic rings. The number of hydroxylamine groups is 1. The SMILES string of the molecule is CCCCCCCC(=O)SCCC[Si]1(OCCOCCOCCCC)OCCC(C)CNO1. The predicted molar refractivity (Wildman–Crippen MR) is 137 cm³/mol. The number of hydrogen-bond donors (Lipinski definition) is 1. The Labute approximate surface area is 207 Å². The summed E-state index contributed by atoms with van der Waals surface area (Å²) in [6.07, 6.45) is 10.6. The molecule has 2 unspecified atom stereocenters. The highest BCUT2D eigenvalue weighted by molar-refractivity contribution is 8.13. The zero-order chi connectivity index (χ0) is 24.0. The molecular formula is C24H49NO6SSi. The molecule has 196 valence electrons. The van der Waals surface area contributed by atoms with Crippen molar-refractivity contribution in [2.24, 2.45) is 5.92 Å². The van der Waals surface area contributed by atoms with Crippen molar-refractivity contribution in [3.63, 3.8) is 0 Å². The van der Waals surface area contributed by atoms with Gasteiger partial charge in [0.15, 0.2) is 5.12 Å². The lowest BCUT2D eigenvalue weighted by molar-refractivity contribution is -0.111. The zero-order valence-corrected chi connectivity index (χ0v) is 23.2. The van der Waals surface area contributed by atoms with Gasteiger partial charge in [-0.05, 0) is 31.6 Å². The van der Waals surface area contributed by atoms with E-state index >= 15 is 0 Å². The van der Waals surface area contributed by atoms with Crippen molar-refractivity contribution in [3.8, 4) is 0 Å². The Balaban J connectivity index is 2.29. The largest absolute Gasteiger partial charge is 0.518 e. The van der Waals surface area contributed by atoms with E-state index in [1.165, 1.54) is 31.0 Å². The fraction of sp³-hybridized carbons (Fsp3) is 0.958. The number of thioether (sulfide) groups is 1. The van der Waals surface area contributed by atoms with E-state index in [1.807, 2.05) is 0 Å². The van der Waals surface area contributed by atoms with Crippen molar-refractivity contribution in [1.82, 2.24) is 5.48 Å². The lowest BCUT2D eigenvalue weighted by Crippen LogP contribution is -2.52. The minimum atomic E-state index is -2.84. The summed E-state index contributed by atoms with van der Waals surface area (Å²) in [5.74, 6) is 1.28. The van der Waals surface area contributed by atoms with E-state index in [0.29, 0.717) is 56.5 Å².